The van der Waals surface area contributed by atoms with Gasteiger partial charge in [-0.05, 0) is 44.0 Å². The van der Waals surface area contributed by atoms with Crippen LogP contribution in [0, 0.1) is 13.8 Å². The van der Waals surface area contributed by atoms with Gasteiger partial charge in [-0.1, -0.05) is 24.8 Å². The maximum Gasteiger partial charge on any atom is 0.316 e. The van der Waals surface area contributed by atoms with Gasteiger partial charge in [-0.25, -0.2) is 4.98 Å². The highest BCUT2D eigenvalue weighted by Gasteiger charge is 2.27. The number of benzene rings is 1. The van der Waals surface area contributed by atoms with Gasteiger partial charge in [-0.15, -0.1) is 11.8 Å². The molecule has 26 heavy (non-hydrogen) atoms. The molecular weight excluding hydrogens is 368 g/mol. The first-order chi connectivity index (χ1) is 12.4. The summed E-state index contributed by atoms with van der Waals surface area (Å²) in [4.78, 5) is 30.4. The molecule has 0 unspecified atom stereocenters. The summed E-state index contributed by atoms with van der Waals surface area (Å²) in [5, 5.41) is 0.879. The second kappa shape index (κ2) is 7.88. The number of esters is 1. The molecule has 1 aromatic heterocycles. The Bertz CT molecular complexity index is 888. The first-order valence-corrected chi connectivity index (χ1v) is 10.4. The fourth-order valence-electron chi connectivity index (χ4n) is 3.03. The van der Waals surface area contributed by atoms with Crippen molar-refractivity contribution in [2.75, 3.05) is 12.4 Å². The number of aromatic nitrogens is 2. The minimum Gasteiger partial charge on any atom is -0.465 e. The van der Waals surface area contributed by atoms with E-state index >= 15 is 0 Å². The van der Waals surface area contributed by atoms with Crippen LogP contribution in [0.15, 0.2) is 33.0 Å². The largest absolute Gasteiger partial charge is 0.465 e. The second-order valence-electron chi connectivity index (χ2n) is 6.38. The molecule has 0 N–H and O–H groups in total. The van der Waals surface area contributed by atoms with Crippen molar-refractivity contribution in [2.24, 2.45) is 0 Å². The van der Waals surface area contributed by atoms with Gasteiger partial charge in [-0.3, -0.25) is 14.2 Å². The van der Waals surface area contributed by atoms with Crippen molar-refractivity contribution in [1.29, 1.82) is 0 Å². The van der Waals surface area contributed by atoms with Crippen LogP contribution >= 0.6 is 23.5 Å². The summed E-state index contributed by atoms with van der Waals surface area (Å²) in [6.07, 6.45) is 0.774. The van der Waals surface area contributed by atoms with Gasteiger partial charge in [0.05, 0.1) is 28.6 Å². The molecule has 7 heteroatoms. The van der Waals surface area contributed by atoms with E-state index in [1.54, 1.807) is 23.3 Å². The fraction of sp³-hybridized carbons (Fsp3) is 0.421. The maximum absolute atomic E-state index is 13.2. The number of hydrogen-bond donors (Lipinski definition) is 0. The molecule has 2 heterocycles. The van der Waals surface area contributed by atoms with E-state index in [4.69, 9.17) is 9.72 Å². The van der Waals surface area contributed by atoms with Gasteiger partial charge >= 0.3 is 5.97 Å². The lowest BCUT2D eigenvalue weighted by Gasteiger charge is -2.14. The Balaban J connectivity index is 2.09. The van der Waals surface area contributed by atoms with Gasteiger partial charge in [0.25, 0.3) is 5.56 Å². The normalized spacial score (nSPS) is 15.8. The Labute approximate surface area is 161 Å². The van der Waals surface area contributed by atoms with Crippen LogP contribution in [0.1, 0.15) is 30.7 Å². The Kier molecular flexibility index (Phi) is 5.77. The van der Waals surface area contributed by atoms with Crippen LogP contribution in [0.2, 0.25) is 0 Å². The zero-order chi connectivity index (χ0) is 18.8. The van der Waals surface area contributed by atoms with Crippen LogP contribution in [-0.4, -0.2) is 33.1 Å². The summed E-state index contributed by atoms with van der Waals surface area (Å²) in [6.45, 7) is 8.23. The van der Waals surface area contributed by atoms with Crippen LogP contribution in [0.4, 0.5) is 0 Å². The maximum atomic E-state index is 13.2. The van der Waals surface area contributed by atoms with Crippen LogP contribution in [0.25, 0.3) is 5.69 Å². The van der Waals surface area contributed by atoms with Crippen molar-refractivity contribution in [3.8, 4) is 5.69 Å². The molecule has 5 nitrogen and oxygen atoms in total. The second-order valence-corrected chi connectivity index (χ2v) is 8.77. The van der Waals surface area contributed by atoms with E-state index in [9.17, 15) is 9.59 Å². The van der Waals surface area contributed by atoms with Gasteiger partial charge in [-0.2, -0.15) is 0 Å². The minimum atomic E-state index is -0.304. The van der Waals surface area contributed by atoms with Gasteiger partial charge in [0.2, 0.25) is 0 Å². The predicted molar refractivity (Wildman–Crippen MR) is 106 cm³/mol. The van der Waals surface area contributed by atoms with Crippen molar-refractivity contribution in [3.05, 3.63) is 45.4 Å². The van der Waals surface area contributed by atoms with Crippen LogP contribution in [0.3, 0.4) is 0 Å². The number of aryl methyl sites for hydroxylation is 2. The standard InChI is InChI=1S/C19H22N2O3S2/c1-5-24-16(22)10-25-19-20-15-9-13(4)26-17(15)18(23)21(19)14-7-11(2)6-12(3)8-14/h6-8,13H,5,9-10H2,1-4H3/t13-/m1/s1. The van der Waals surface area contributed by atoms with E-state index in [1.165, 1.54) is 11.8 Å². The molecule has 3 rings (SSSR count). The van der Waals surface area contributed by atoms with Crippen LogP contribution < -0.4 is 5.56 Å². The number of carbonyl (C=O) groups is 1. The number of thioether (sulfide) groups is 2. The summed E-state index contributed by atoms with van der Waals surface area (Å²) >= 11 is 2.83. The summed E-state index contributed by atoms with van der Waals surface area (Å²) in [5.41, 5.74) is 3.72. The lowest BCUT2D eigenvalue weighted by molar-refractivity contribution is -0.139. The third kappa shape index (κ3) is 3.99. The van der Waals surface area contributed by atoms with Crippen molar-refractivity contribution in [1.82, 2.24) is 9.55 Å². The highest BCUT2D eigenvalue weighted by Crippen LogP contribution is 2.35. The van der Waals surface area contributed by atoms with E-state index in [0.717, 1.165) is 33.8 Å². The fourth-order valence-corrected chi connectivity index (χ4v) is 4.95. The van der Waals surface area contributed by atoms with Gasteiger partial charge in [0.1, 0.15) is 0 Å². The molecule has 1 aliphatic heterocycles. The molecule has 0 amide bonds. The number of ether oxygens (including phenoxy) is 1. The van der Waals surface area contributed by atoms with E-state index in [0.29, 0.717) is 17.0 Å². The first-order valence-electron chi connectivity index (χ1n) is 8.58. The van der Waals surface area contributed by atoms with Gasteiger partial charge in [0, 0.05) is 11.7 Å². The van der Waals surface area contributed by atoms with Crippen molar-refractivity contribution < 1.29 is 9.53 Å². The summed E-state index contributed by atoms with van der Waals surface area (Å²) < 4.78 is 6.64. The molecule has 0 bridgehead atoms. The average molecular weight is 391 g/mol. The summed E-state index contributed by atoms with van der Waals surface area (Å²) in [7, 11) is 0. The van der Waals surface area contributed by atoms with Gasteiger partial charge in [0.15, 0.2) is 5.16 Å². The Morgan fingerprint density at radius 2 is 2.04 bits per heavy atom. The molecule has 0 saturated heterocycles. The quantitative estimate of drug-likeness (QED) is 0.442. The molecule has 2 aromatic rings. The molecule has 1 aliphatic rings. The highest BCUT2D eigenvalue weighted by atomic mass is 32.2. The molecule has 0 spiro atoms. The molecule has 0 aliphatic carbocycles. The SMILES string of the molecule is CCOC(=O)CSc1nc2c(c(=O)n1-c1cc(C)cc(C)c1)S[C@H](C)C2. The van der Waals surface area contributed by atoms with Gasteiger partial charge < -0.3 is 4.74 Å². The van der Waals surface area contributed by atoms with Crippen molar-refractivity contribution in [2.45, 2.75) is 49.4 Å². The monoisotopic (exact) mass is 390 g/mol. The third-order valence-corrected chi connectivity index (χ3v) is 6.10. The van der Waals surface area contributed by atoms with Crippen LogP contribution in [-0.2, 0) is 16.0 Å². The summed E-state index contributed by atoms with van der Waals surface area (Å²) in [5.74, 6) is -0.172. The lowest BCUT2D eigenvalue weighted by Crippen LogP contribution is -2.24. The molecule has 1 aromatic carbocycles. The van der Waals surface area contributed by atoms with E-state index in [1.807, 2.05) is 26.0 Å². The van der Waals surface area contributed by atoms with E-state index < -0.39 is 0 Å². The predicted octanol–water partition coefficient (Wildman–Crippen LogP) is 3.54. The molecule has 0 saturated carbocycles. The molecule has 1 atom stereocenters. The first kappa shape index (κ1) is 19.0. The summed E-state index contributed by atoms with van der Waals surface area (Å²) in [6, 6.07) is 6.01. The van der Waals surface area contributed by atoms with E-state index in [2.05, 4.69) is 13.0 Å². The molecular formula is C19H22N2O3S2. The number of hydrogen-bond acceptors (Lipinski definition) is 6. The third-order valence-electron chi connectivity index (χ3n) is 3.97. The number of rotatable bonds is 5. The number of carbonyl (C=O) groups excluding carboxylic acids is 1. The van der Waals surface area contributed by atoms with E-state index in [-0.39, 0.29) is 17.3 Å². The Hall–Kier alpha value is -1.73. The Morgan fingerprint density at radius 3 is 2.69 bits per heavy atom. The van der Waals surface area contributed by atoms with Crippen molar-refractivity contribution >= 4 is 29.5 Å². The number of fused-ring (bicyclic) bond motifs is 1. The topological polar surface area (TPSA) is 61.2 Å². The Morgan fingerprint density at radius 1 is 1.35 bits per heavy atom. The highest BCUT2D eigenvalue weighted by molar-refractivity contribution is 8.00. The zero-order valence-electron chi connectivity index (χ0n) is 15.4. The average Bonchev–Trinajstić information content (AvgIpc) is 2.93. The lowest BCUT2D eigenvalue weighted by atomic mass is 10.1. The molecule has 0 radical (unpaired) electrons. The molecule has 0 fully saturated rings. The number of nitrogens with zero attached hydrogens (tertiary/aromatic N) is 2. The minimum absolute atomic E-state index is 0.0549. The zero-order valence-corrected chi connectivity index (χ0v) is 17.0. The molecule has 138 valence electrons. The smallest absolute Gasteiger partial charge is 0.316 e. The van der Waals surface area contributed by atoms with Crippen LogP contribution in [0.5, 0.6) is 0 Å². The van der Waals surface area contributed by atoms with Crippen molar-refractivity contribution in [3.63, 3.8) is 0 Å².